The first-order valence-electron chi connectivity index (χ1n) is 11.2. The molecule has 30 heavy (non-hydrogen) atoms. The van der Waals surface area contributed by atoms with Gasteiger partial charge in [-0.05, 0) is 68.7 Å². The Morgan fingerprint density at radius 2 is 1.87 bits per heavy atom. The smallest absolute Gasteiger partial charge is 0.168 e. The van der Waals surface area contributed by atoms with E-state index in [1.807, 2.05) is 30.3 Å². The normalized spacial score (nSPS) is 27.3. The van der Waals surface area contributed by atoms with Crippen molar-refractivity contribution in [1.29, 1.82) is 0 Å². The lowest BCUT2D eigenvalue weighted by Gasteiger charge is -2.34. The molecule has 1 aliphatic heterocycles. The van der Waals surface area contributed by atoms with Crippen molar-refractivity contribution < 1.29 is 13.5 Å². The van der Waals surface area contributed by atoms with E-state index in [1.54, 1.807) is 0 Å². The van der Waals surface area contributed by atoms with Crippen LogP contribution in [0.3, 0.4) is 0 Å². The van der Waals surface area contributed by atoms with Gasteiger partial charge in [-0.15, -0.1) is 0 Å². The predicted molar refractivity (Wildman–Crippen MR) is 114 cm³/mol. The Hall–Kier alpha value is -1.98. The molecule has 2 N–H and O–H groups in total. The maximum Gasteiger partial charge on any atom is 0.168 e. The largest absolute Gasteiger partial charge is 0.486 e. The summed E-state index contributed by atoms with van der Waals surface area (Å²) >= 11 is 0. The molecular weight excluding hydrogens is 382 g/mol. The summed E-state index contributed by atoms with van der Waals surface area (Å²) in [6.07, 6.45) is 7.18. The van der Waals surface area contributed by atoms with Gasteiger partial charge in [-0.1, -0.05) is 30.3 Å². The molecule has 3 nitrogen and oxygen atoms in total. The van der Waals surface area contributed by atoms with Gasteiger partial charge in [0.25, 0.3) is 0 Å². The van der Waals surface area contributed by atoms with Gasteiger partial charge in [-0.3, -0.25) is 0 Å². The Morgan fingerprint density at radius 3 is 2.67 bits per heavy atom. The summed E-state index contributed by atoms with van der Waals surface area (Å²) < 4.78 is 34.4. The number of piperidine rings is 1. The molecule has 5 rings (SSSR count). The fourth-order valence-corrected chi connectivity index (χ4v) is 5.52. The van der Waals surface area contributed by atoms with Gasteiger partial charge in [0, 0.05) is 29.6 Å². The number of benzene rings is 2. The lowest BCUT2D eigenvalue weighted by Crippen LogP contribution is -2.37. The zero-order valence-electron chi connectivity index (χ0n) is 17.3. The summed E-state index contributed by atoms with van der Waals surface area (Å²) in [5.74, 6) is -0.822. The SMILES string of the molecule is Fc1cc(F)c(OCc2ccccc2)c([C@@H]2C[C@H]2NC2CCC3(CCNCC3)C2)c1. The van der Waals surface area contributed by atoms with E-state index in [0.717, 1.165) is 31.1 Å². The minimum Gasteiger partial charge on any atom is -0.486 e. The number of nitrogens with one attached hydrogen (secondary N) is 2. The molecule has 3 fully saturated rings. The van der Waals surface area contributed by atoms with Gasteiger partial charge in [-0.25, -0.2) is 8.78 Å². The molecule has 0 amide bonds. The highest BCUT2D eigenvalue weighted by molar-refractivity contribution is 5.42. The van der Waals surface area contributed by atoms with E-state index in [1.165, 1.54) is 38.2 Å². The molecule has 3 atom stereocenters. The van der Waals surface area contributed by atoms with Crippen LogP contribution < -0.4 is 15.4 Å². The van der Waals surface area contributed by atoms with Crippen molar-refractivity contribution in [2.24, 2.45) is 5.41 Å². The Bertz CT molecular complexity index is 882. The monoisotopic (exact) mass is 412 g/mol. The minimum absolute atomic E-state index is 0.116. The zero-order valence-corrected chi connectivity index (χ0v) is 17.3. The fraction of sp³-hybridized carbons (Fsp3) is 0.520. The topological polar surface area (TPSA) is 33.3 Å². The Labute approximate surface area is 177 Å². The van der Waals surface area contributed by atoms with Crippen molar-refractivity contribution in [2.75, 3.05) is 13.1 Å². The van der Waals surface area contributed by atoms with E-state index in [2.05, 4.69) is 10.6 Å². The van der Waals surface area contributed by atoms with Gasteiger partial charge in [0.2, 0.25) is 0 Å². The van der Waals surface area contributed by atoms with Crippen molar-refractivity contribution in [1.82, 2.24) is 10.6 Å². The van der Waals surface area contributed by atoms with Crippen LogP contribution in [0, 0.1) is 17.0 Å². The molecule has 0 radical (unpaired) electrons. The molecule has 2 aromatic rings. The van der Waals surface area contributed by atoms with Crippen LogP contribution in [0.1, 0.15) is 55.6 Å². The summed E-state index contributed by atoms with van der Waals surface area (Å²) in [6.45, 7) is 2.54. The van der Waals surface area contributed by atoms with Crippen molar-refractivity contribution in [3.63, 3.8) is 0 Å². The summed E-state index contributed by atoms with van der Waals surface area (Å²) in [4.78, 5) is 0. The van der Waals surface area contributed by atoms with Crippen molar-refractivity contribution in [3.05, 3.63) is 65.2 Å². The van der Waals surface area contributed by atoms with Crippen LogP contribution in [0.4, 0.5) is 8.78 Å². The molecule has 3 aliphatic rings. The molecule has 5 heteroatoms. The standard InChI is InChI=1S/C25H30F2N2O/c26-18-12-21(24(22(27)13-18)30-16-17-4-2-1-3-5-17)20-14-23(20)29-19-6-7-25(15-19)8-10-28-11-9-25/h1-5,12-13,19-20,23,28-29H,6-11,14-16H2/t19?,20-,23+/m0/s1. The third kappa shape index (κ3) is 4.23. The number of hydrogen-bond donors (Lipinski definition) is 2. The van der Waals surface area contributed by atoms with E-state index in [4.69, 9.17) is 4.74 Å². The van der Waals surface area contributed by atoms with Crippen LogP contribution in [0.5, 0.6) is 5.75 Å². The van der Waals surface area contributed by atoms with Gasteiger partial charge in [0.15, 0.2) is 11.6 Å². The van der Waals surface area contributed by atoms with Crippen LogP contribution in [0.25, 0.3) is 0 Å². The summed E-state index contributed by atoms with van der Waals surface area (Å²) in [7, 11) is 0. The second-order valence-corrected chi connectivity index (χ2v) is 9.39. The number of hydrogen-bond acceptors (Lipinski definition) is 3. The van der Waals surface area contributed by atoms with E-state index in [9.17, 15) is 8.78 Å². The van der Waals surface area contributed by atoms with E-state index in [0.29, 0.717) is 17.0 Å². The van der Waals surface area contributed by atoms with E-state index >= 15 is 0 Å². The number of rotatable bonds is 6. The molecule has 0 bridgehead atoms. The predicted octanol–water partition coefficient (Wildman–Crippen LogP) is 4.91. The van der Waals surface area contributed by atoms with E-state index in [-0.39, 0.29) is 24.3 Å². The third-order valence-corrected chi connectivity index (χ3v) is 7.27. The summed E-state index contributed by atoms with van der Waals surface area (Å²) in [6, 6.07) is 12.9. The first kappa shape index (κ1) is 20.0. The molecule has 2 saturated carbocycles. The number of halogens is 2. The highest BCUT2D eigenvalue weighted by atomic mass is 19.1. The van der Waals surface area contributed by atoms with Gasteiger partial charge < -0.3 is 15.4 Å². The molecule has 2 aliphatic carbocycles. The maximum absolute atomic E-state index is 14.6. The Kier molecular flexibility index (Phi) is 5.50. The molecule has 0 aromatic heterocycles. The van der Waals surface area contributed by atoms with Gasteiger partial charge >= 0.3 is 0 Å². The van der Waals surface area contributed by atoms with Crippen molar-refractivity contribution in [2.45, 2.75) is 63.1 Å². The van der Waals surface area contributed by atoms with Crippen LogP contribution in [-0.2, 0) is 6.61 Å². The van der Waals surface area contributed by atoms with Crippen LogP contribution in [0.15, 0.2) is 42.5 Å². The molecule has 2 aromatic carbocycles. The first-order chi connectivity index (χ1) is 14.6. The van der Waals surface area contributed by atoms with Crippen LogP contribution >= 0.6 is 0 Å². The lowest BCUT2D eigenvalue weighted by molar-refractivity contribution is 0.204. The molecule has 160 valence electrons. The average Bonchev–Trinajstić information content (AvgIpc) is 3.41. The zero-order chi connectivity index (χ0) is 20.6. The average molecular weight is 413 g/mol. The quantitative estimate of drug-likeness (QED) is 0.707. The van der Waals surface area contributed by atoms with Gasteiger partial charge in [-0.2, -0.15) is 0 Å². The molecule has 1 heterocycles. The highest BCUT2D eigenvalue weighted by Crippen LogP contribution is 2.49. The van der Waals surface area contributed by atoms with E-state index < -0.39 is 11.6 Å². The molecule has 1 unspecified atom stereocenters. The molecular formula is C25H30F2N2O. The van der Waals surface area contributed by atoms with Gasteiger partial charge in [0.1, 0.15) is 12.4 Å². The Morgan fingerprint density at radius 1 is 1.07 bits per heavy atom. The minimum atomic E-state index is -0.610. The van der Waals surface area contributed by atoms with Crippen LogP contribution in [-0.4, -0.2) is 25.2 Å². The Balaban J connectivity index is 1.25. The first-order valence-corrected chi connectivity index (χ1v) is 11.2. The van der Waals surface area contributed by atoms with Crippen molar-refractivity contribution in [3.8, 4) is 5.75 Å². The number of ether oxygens (including phenoxy) is 1. The fourth-order valence-electron chi connectivity index (χ4n) is 5.52. The third-order valence-electron chi connectivity index (χ3n) is 7.27. The second kappa shape index (κ2) is 8.27. The van der Waals surface area contributed by atoms with Crippen LogP contribution in [0.2, 0.25) is 0 Å². The van der Waals surface area contributed by atoms with Crippen molar-refractivity contribution >= 4 is 0 Å². The second-order valence-electron chi connectivity index (χ2n) is 9.39. The molecule has 1 saturated heterocycles. The highest BCUT2D eigenvalue weighted by Gasteiger charge is 2.46. The van der Waals surface area contributed by atoms with Gasteiger partial charge in [0.05, 0.1) is 0 Å². The molecule has 1 spiro atoms. The maximum atomic E-state index is 14.6. The summed E-state index contributed by atoms with van der Waals surface area (Å²) in [5.41, 5.74) is 2.13. The lowest BCUT2D eigenvalue weighted by atomic mass is 9.77. The summed E-state index contributed by atoms with van der Waals surface area (Å²) in [5, 5.41) is 7.26.